The molecule has 0 radical (unpaired) electrons. The molecule has 1 aromatic carbocycles. The van der Waals surface area contributed by atoms with Gasteiger partial charge in [-0.3, -0.25) is 19.5 Å². The molecular formula is C20H20N2O3. The zero-order valence-electron chi connectivity index (χ0n) is 14.4. The summed E-state index contributed by atoms with van der Waals surface area (Å²) in [7, 11) is 0. The van der Waals surface area contributed by atoms with E-state index >= 15 is 0 Å². The van der Waals surface area contributed by atoms with E-state index < -0.39 is 17.7 Å². The SMILES string of the molecule is Cc1ccccc1N1C(=O)C(O)=C(C(=O)C(C)C)C1c1ccncc1. The minimum Gasteiger partial charge on any atom is -0.503 e. The van der Waals surface area contributed by atoms with Gasteiger partial charge in [-0.15, -0.1) is 0 Å². The number of aliphatic hydroxyl groups is 1. The van der Waals surface area contributed by atoms with E-state index in [1.54, 1.807) is 38.4 Å². The normalized spacial score (nSPS) is 17.5. The Labute approximate surface area is 146 Å². The number of nitrogens with zero attached hydrogens (tertiary/aromatic N) is 2. The molecule has 1 unspecified atom stereocenters. The van der Waals surface area contributed by atoms with Crippen LogP contribution < -0.4 is 4.90 Å². The summed E-state index contributed by atoms with van der Waals surface area (Å²) in [4.78, 5) is 31.1. The van der Waals surface area contributed by atoms with Crippen molar-refractivity contribution in [2.75, 3.05) is 4.90 Å². The maximum atomic E-state index is 12.8. The lowest BCUT2D eigenvalue weighted by Crippen LogP contribution is -2.32. The van der Waals surface area contributed by atoms with Gasteiger partial charge in [0.05, 0.1) is 11.6 Å². The molecule has 128 valence electrons. The van der Waals surface area contributed by atoms with Crippen molar-refractivity contribution in [2.24, 2.45) is 5.92 Å². The topological polar surface area (TPSA) is 70.5 Å². The quantitative estimate of drug-likeness (QED) is 0.927. The van der Waals surface area contributed by atoms with Crippen LogP contribution in [0.15, 0.2) is 60.1 Å². The predicted octanol–water partition coefficient (Wildman–Crippen LogP) is 3.52. The number of aromatic nitrogens is 1. The molecule has 1 aliphatic heterocycles. The third-order valence-corrected chi connectivity index (χ3v) is 4.39. The summed E-state index contributed by atoms with van der Waals surface area (Å²) in [6, 6.07) is 10.3. The second-order valence-corrected chi connectivity index (χ2v) is 6.43. The molecule has 0 saturated carbocycles. The molecule has 5 heteroatoms. The molecule has 1 N–H and O–H groups in total. The van der Waals surface area contributed by atoms with E-state index in [9.17, 15) is 14.7 Å². The lowest BCUT2D eigenvalue weighted by Gasteiger charge is -2.28. The monoisotopic (exact) mass is 336 g/mol. The zero-order chi connectivity index (χ0) is 18.1. The first-order chi connectivity index (χ1) is 11.9. The fourth-order valence-electron chi connectivity index (χ4n) is 3.11. The Balaban J connectivity index is 2.21. The average molecular weight is 336 g/mol. The number of benzene rings is 1. The Morgan fingerprint density at radius 1 is 1.16 bits per heavy atom. The lowest BCUT2D eigenvalue weighted by molar-refractivity contribution is -0.119. The van der Waals surface area contributed by atoms with Crippen LogP contribution in [0.2, 0.25) is 0 Å². The first-order valence-electron chi connectivity index (χ1n) is 8.20. The highest BCUT2D eigenvalue weighted by Crippen LogP contribution is 2.42. The molecule has 0 spiro atoms. The van der Waals surface area contributed by atoms with E-state index in [4.69, 9.17) is 0 Å². The number of para-hydroxylation sites is 1. The number of hydrogen-bond donors (Lipinski definition) is 1. The maximum absolute atomic E-state index is 12.8. The molecule has 5 nitrogen and oxygen atoms in total. The molecule has 1 amide bonds. The first kappa shape index (κ1) is 16.9. The van der Waals surface area contributed by atoms with Gasteiger partial charge in [-0.2, -0.15) is 0 Å². The minimum absolute atomic E-state index is 0.148. The Bertz CT molecular complexity index is 856. The molecule has 25 heavy (non-hydrogen) atoms. The van der Waals surface area contributed by atoms with Crippen LogP contribution in [0.1, 0.15) is 31.0 Å². The summed E-state index contributed by atoms with van der Waals surface area (Å²) < 4.78 is 0. The van der Waals surface area contributed by atoms with Crippen molar-refractivity contribution >= 4 is 17.4 Å². The van der Waals surface area contributed by atoms with Gasteiger partial charge in [-0.25, -0.2) is 0 Å². The van der Waals surface area contributed by atoms with Crippen molar-refractivity contribution in [3.63, 3.8) is 0 Å². The largest absolute Gasteiger partial charge is 0.503 e. The van der Waals surface area contributed by atoms with Crippen molar-refractivity contribution in [3.8, 4) is 0 Å². The lowest BCUT2D eigenvalue weighted by atomic mass is 9.91. The van der Waals surface area contributed by atoms with Crippen LogP contribution in [-0.2, 0) is 9.59 Å². The van der Waals surface area contributed by atoms with E-state index in [2.05, 4.69) is 4.98 Å². The Morgan fingerprint density at radius 2 is 1.80 bits per heavy atom. The van der Waals surface area contributed by atoms with Crippen molar-refractivity contribution < 1.29 is 14.7 Å². The Morgan fingerprint density at radius 3 is 2.40 bits per heavy atom. The van der Waals surface area contributed by atoms with Gasteiger partial charge in [0.15, 0.2) is 11.5 Å². The van der Waals surface area contributed by atoms with Crippen molar-refractivity contribution in [1.82, 2.24) is 4.98 Å². The summed E-state index contributed by atoms with van der Waals surface area (Å²) in [5.41, 5.74) is 2.45. The molecule has 2 aromatic rings. The first-order valence-corrected chi connectivity index (χ1v) is 8.20. The van der Waals surface area contributed by atoms with Crippen LogP contribution >= 0.6 is 0 Å². The second-order valence-electron chi connectivity index (χ2n) is 6.43. The number of carbonyl (C=O) groups is 2. The van der Waals surface area contributed by atoms with Gasteiger partial charge >= 0.3 is 0 Å². The Hall–Kier alpha value is -2.95. The van der Waals surface area contributed by atoms with Crippen LogP contribution in [-0.4, -0.2) is 21.8 Å². The van der Waals surface area contributed by atoms with Crippen LogP contribution in [0.5, 0.6) is 0 Å². The number of anilines is 1. The van der Waals surface area contributed by atoms with Gasteiger partial charge in [0.2, 0.25) is 0 Å². The highest BCUT2D eigenvalue weighted by Gasteiger charge is 2.45. The number of Topliss-reactive ketones (excluding diaryl/α,β-unsaturated/α-hetero) is 1. The predicted molar refractivity (Wildman–Crippen MR) is 95.1 cm³/mol. The summed E-state index contributed by atoms with van der Waals surface area (Å²) in [5.74, 6) is -1.58. The van der Waals surface area contributed by atoms with Crippen LogP contribution in [0.25, 0.3) is 0 Å². The molecule has 0 fully saturated rings. The van der Waals surface area contributed by atoms with Crippen molar-refractivity contribution in [1.29, 1.82) is 0 Å². The molecule has 2 heterocycles. The van der Waals surface area contributed by atoms with Crippen LogP contribution in [0.3, 0.4) is 0 Å². The molecule has 1 aromatic heterocycles. The molecule has 1 aliphatic rings. The summed E-state index contributed by atoms with van der Waals surface area (Å²) in [6.45, 7) is 5.41. The maximum Gasteiger partial charge on any atom is 0.294 e. The third kappa shape index (κ3) is 2.82. The van der Waals surface area contributed by atoms with Crippen LogP contribution in [0, 0.1) is 12.8 Å². The number of carbonyl (C=O) groups excluding carboxylic acids is 2. The molecule has 3 rings (SSSR count). The van der Waals surface area contributed by atoms with Gasteiger partial charge in [0, 0.05) is 24.0 Å². The average Bonchev–Trinajstić information content (AvgIpc) is 2.87. The Kier molecular flexibility index (Phi) is 4.40. The number of aliphatic hydroxyl groups excluding tert-OH is 1. The zero-order valence-corrected chi connectivity index (χ0v) is 14.4. The van der Waals surface area contributed by atoms with Crippen molar-refractivity contribution in [3.05, 3.63) is 71.3 Å². The standard InChI is InChI=1S/C20H20N2O3/c1-12(2)18(23)16-17(14-8-10-21-11-9-14)22(20(25)19(16)24)15-7-5-4-6-13(15)3/h4-12,17,24H,1-3H3. The smallest absolute Gasteiger partial charge is 0.294 e. The van der Waals surface area contributed by atoms with Gasteiger partial charge in [-0.1, -0.05) is 32.0 Å². The molecule has 0 saturated heterocycles. The highest BCUT2D eigenvalue weighted by atomic mass is 16.3. The van der Waals surface area contributed by atoms with E-state index in [1.807, 2.05) is 31.2 Å². The second kappa shape index (κ2) is 6.51. The van der Waals surface area contributed by atoms with E-state index in [0.29, 0.717) is 5.69 Å². The molecule has 1 atom stereocenters. The summed E-state index contributed by atoms with van der Waals surface area (Å²) >= 11 is 0. The van der Waals surface area contributed by atoms with Crippen molar-refractivity contribution in [2.45, 2.75) is 26.8 Å². The molecular weight excluding hydrogens is 316 g/mol. The van der Waals surface area contributed by atoms with E-state index in [-0.39, 0.29) is 17.3 Å². The van der Waals surface area contributed by atoms with E-state index in [0.717, 1.165) is 11.1 Å². The fraction of sp³-hybridized carbons (Fsp3) is 0.250. The van der Waals surface area contributed by atoms with Gasteiger partial charge in [-0.05, 0) is 36.2 Å². The number of rotatable bonds is 4. The molecule has 0 bridgehead atoms. The van der Waals surface area contributed by atoms with Gasteiger partial charge in [0.25, 0.3) is 5.91 Å². The summed E-state index contributed by atoms with van der Waals surface area (Å²) in [6.07, 6.45) is 3.23. The number of hydrogen-bond acceptors (Lipinski definition) is 4. The minimum atomic E-state index is -0.661. The summed E-state index contributed by atoms with van der Waals surface area (Å²) in [5, 5.41) is 10.5. The molecule has 0 aliphatic carbocycles. The fourth-order valence-corrected chi connectivity index (χ4v) is 3.11. The van der Waals surface area contributed by atoms with Gasteiger partial charge in [0.1, 0.15) is 0 Å². The highest BCUT2D eigenvalue weighted by molar-refractivity contribution is 6.17. The number of aryl methyl sites for hydroxylation is 1. The van der Waals surface area contributed by atoms with E-state index in [1.165, 1.54) is 4.90 Å². The van der Waals surface area contributed by atoms with Crippen LogP contribution in [0.4, 0.5) is 5.69 Å². The number of amides is 1. The third-order valence-electron chi connectivity index (χ3n) is 4.39. The number of ketones is 1. The van der Waals surface area contributed by atoms with Gasteiger partial charge < -0.3 is 5.11 Å². The number of pyridine rings is 1.